The Hall–Kier alpha value is -13.5. The summed E-state index contributed by atoms with van der Waals surface area (Å²) in [5, 5.41) is 50.0. The van der Waals surface area contributed by atoms with Gasteiger partial charge in [0.05, 0.1) is 31.7 Å². The van der Waals surface area contributed by atoms with E-state index in [1.54, 1.807) is 105 Å². The van der Waals surface area contributed by atoms with Gasteiger partial charge in [0.25, 0.3) is 0 Å². The van der Waals surface area contributed by atoms with Crippen LogP contribution in [0.4, 0.5) is 0 Å². The van der Waals surface area contributed by atoms with Gasteiger partial charge in [-0.15, -0.1) is 11.8 Å². The summed E-state index contributed by atoms with van der Waals surface area (Å²) in [4.78, 5) is 270. The fourth-order valence-electron chi connectivity index (χ4n) is 16.9. The Bertz CT molecular complexity index is 5170. The Balaban J connectivity index is 1.10. The summed E-state index contributed by atoms with van der Waals surface area (Å²) in [7, 11) is 3.99. The summed E-state index contributed by atoms with van der Waals surface area (Å²) in [6, 6.07) is 1.80. The number of aliphatic hydroxyl groups excluding tert-OH is 1. The van der Waals surface area contributed by atoms with Crippen molar-refractivity contribution in [3.63, 3.8) is 0 Å². The molecule has 3 fully saturated rings. The number of H-pyrrole nitrogens is 3. The zero-order valence-corrected chi connectivity index (χ0v) is 78.4. The van der Waals surface area contributed by atoms with Crippen LogP contribution in [0.1, 0.15) is 153 Å². The second-order valence-corrected chi connectivity index (χ2v) is 36.0. The summed E-state index contributed by atoms with van der Waals surface area (Å²) in [6.45, 7) is 6.77. The number of aliphatic hydroxyl groups is 1. The number of likely N-dealkylation sites (N-methyl/N-ethyl adjacent to an activating group) is 3. The van der Waals surface area contributed by atoms with Gasteiger partial charge in [-0.05, 0) is 106 Å². The minimum Gasteiger partial charge on any atom is -0.394 e. The van der Waals surface area contributed by atoms with Crippen molar-refractivity contribution in [3.05, 3.63) is 126 Å². The van der Waals surface area contributed by atoms with Gasteiger partial charge in [0.2, 0.25) is 100 Å². The number of primary amides is 2. The molecule has 43 heteroatoms. The first-order valence-corrected chi connectivity index (χ1v) is 47.0. The molecule has 22 N–H and O–H groups in total. The normalized spacial score (nSPS) is 24.3. The summed E-state index contributed by atoms with van der Waals surface area (Å²) < 4.78 is 0. The highest BCUT2D eigenvalue weighted by Crippen LogP contribution is 2.28. The van der Waals surface area contributed by atoms with Gasteiger partial charge in [0.15, 0.2) is 5.96 Å². The number of hydrogen-bond donors (Lipinski definition) is 19. The molecule has 9 rings (SSSR count). The summed E-state index contributed by atoms with van der Waals surface area (Å²) >= 11 is 0.798. The maximum atomic E-state index is 15.8. The molecule has 3 aliphatic heterocycles. The molecule has 6 heterocycles. The van der Waals surface area contributed by atoms with Gasteiger partial charge >= 0.3 is 0 Å². The molecule has 0 bridgehead atoms. The van der Waals surface area contributed by atoms with E-state index < -0.39 is 222 Å². The molecule has 17 amide bonds. The van der Waals surface area contributed by atoms with Crippen LogP contribution in [-0.4, -0.2) is 306 Å². The van der Waals surface area contributed by atoms with Crippen LogP contribution in [0.3, 0.4) is 0 Å². The second kappa shape index (κ2) is 51.1. The van der Waals surface area contributed by atoms with Crippen LogP contribution in [0.5, 0.6) is 0 Å². The highest BCUT2D eigenvalue weighted by molar-refractivity contribution is 8.00. The van der Waals surface area contributed by atoms with E-state index in [1.807, 2.05) is 13.8 Å². The molecule has 3 aromatic heterocycles. The van der Waals surface area contributed by atoms with Crippen molar-refractivity contribution in [1.82, 2.24) is 103 Å². The topological polar surface area (TPSA) is 621 Å². The lowest BCUT2D eigenvalue weighted by molar-refractivity contribution is -0.149. The van der Waals surface area contributed by atoms with E-state index in [1.165, 1.54) is 50.4 Å². The molecule has 0 radical (unpaired) electrons. The van der Waals surface area contributed by atoms with Crippen molar-refractivity contribution in [2.24, 2.45) is 23.1 Å². The van der Waals surface area contributed by atoms with Crippen LogP contribution in [0.2, 0.25) is 0 Å². The number of amides is 17. The minimum atomic E-state index is -1.85. The highest BCUT2D eigenvalue weighted by Gasteiger charge is 2.45. The number of fused-ring (bicyclic) bond motifs is 4. The number of carbonyl (C=O) groups excluding carboxylic acids is 17. The van der Waals surface area contributed by atoms with Gasteiger partial charge in [-0.3, -0.25) is 86.9 Å². The molecule has 3 aliphatic rings. The maximum Gasteiger partial charge on any atom is 0.246 e. The fourth-order valence-corrected chi connectivity index (χ4v) is 17.8. The molecule has 42 nitrogen and oxygen atoms in total. The first-order chi connectivity index (χ1) is 64.5. The van der Waals surface area contributed by atoms with Crippen LogP contribution in [-0.2, 0) is 107 Å². The number of guanidine groups is 1. The van der Waals surface area contributed by atoms with E-state index in [2.05, 4.69) is 78.4 Å². The lowest BCUT2D eigenvalue weighted by Gasteiger charge is -2.38. The number of piperidine rings is 1. The third-order valence-corrected chi connectivity index (χ3v) is 25.5. The number of unbranched alkanes of at least 4 members (excludes halogenated alkanes) is 2. The number of benzene rings is 3. The van der Waals surface area contributed by atoms with Gasteiger partial charge < -0.3 is 120 Å². The predicted octanol–water partition coefficient (Wildman–Crippen LogP) is -1.22. The zero-order chi connectivity index (χ0) is 98.3. The standard InChI is InChI=1S/C92H130N24O18S/c1-9-11-31-71-84(127)104-62(30-22-35-98-92(95)96)80(123)111-70(79(122)101-47-76(94)119)49-135-50-77(120)103-66(39-54-24-14-13-15-25-54)87(130)112(6)53(5)78(121)107-68(43-75(93)118)90(133)116-37-23-34-73(116)86(129)106-64(42-57-46-97-51-102-57)82(125)108-65(38-52(3)4)89(132)115-36-21-20-33-72(115)85(128)105-63(40-55-44-99-60-28-18-16-26-58(55)60)81(124)110-69(48-117)83(126)109-67(41-56-45-100-61-29-19-17-27-59(56)61)88(131)114(8)74(32-12-10-2)91(134)113(71)7/h13-19,24-29,44-46,51-53,62-74,99-100,117H,9-12,20-23,30-43,47-50H2,1-8H3,(H2,93,118)(H2,94,119)(H,97,102)(H,101,122)(H,103,120)(H,104,127)(H,105,128)(H,106,129)(H,107,121)(H,108,125)(H,109,126)(H,110,124)(H,111,123)(H4,95,96,98)/t53-,62-,63-,64-,65-,66-,67-,68-,69-,70-,71-,72-,73-,74-/m0/s1. The maximum absolute atomic E-state index is 15.8. The monoisotopic (exact) mass is 1890 g/mol. The highest BCUT2D eigenvalue weighted by atomic mass is 32.2. The number of nitrogens with one attached hydrogen (secondary N) is 15. The fraction of sp³-hybridized carbons (Fsp3) is 0.533. The van der Waals surface area contributed by atoms with E-state index >= 15 is 38.4 Å². The number of hydrogen-bond acceptors (Lipinski definition) is 21. The molecule has 0 spiro atoms. The van der Waals surface area contributed by atoms with Crippen molar-refractivity contribution >= 4 is 140 Å². The molecule has 0 saturated carbocycles. The van der Waals surface area contributed by atoms with Gasteiger partial charge in [0, 0.05) is 118 Å². The van der Waals surface area contributed by atoms with Crippen molar-refractivity contribution in [3.8, 4) is 0 Å². The number of nitrogens with two attached hydrogens (primary N) is 3. The number of rotatable bonds is 26. The lowest BCUT2D eigenvalue weighted by Crippen LogP contribution is -2.63. The van der Waals surface area contributed by atoms with Gasteiger partial charge in [-0.1, -0.05) is 120 Å². The minimum absolute atomic E-state index is 0.000956. The van der Waals surface area contributed by atoms with Crippen molar-refractivity contribution in [1.29, 1.82) is 5.41 Å². The number of para-hydroxylation sites is 2. The van der Waals surface area contributed by atoms with E-state index in [0.29, 0.717) is 82.7 Å². The Morgan fingerprint density at radius 1 is 0.511 bits per heavy atom. The molecular formula is C92H130N24O18S. The van der Waals surface area contributed by atoms with Gasteiger partial charge in [-0.25, -0.2) is 4.98 Å². The Labute approximate surface area is 786 Å². The zero-order valence-electron chi connectivity index (χ0n) is 77.6. The predicted molar refractivity (Wildman–Crippen MR) is 501 cm³/mol. The Morgan fingerprint density at radius 2 is 1.02 bits per heavy atom. The molecule has 3 saturated heterocycles. The van der Waals surface area contributed by atoms with Crippen molar-refractivity contribution in [2.75, 3.05) is 65.4 Å². The van der Waals surface area contributed by atoms with Crippen LogP contribution in [0.15, 0.2) is 104 Å². The first-order valence-electron chi connectivity index (χ1n) is 45.9. The SMILES string of the molecule is CCCC[C@H]1C(=O)N(C)[C@@H](CCCC)C(=O)N[C@@H](CCCNC(=N)N)C(=O)N[C@H](C(=O)NCC(N)=O)CSCC(=O)N[C@@H](Cc2ccccc2)C(=O)N(C)[C@@H](C)C(=O)N[C@@H](CC(N)=O)C(=O)N2CCC[C@H]2C(=O)N[C@@H](Cc2cnc[nH]2)C(=O)N[C@@H](CC(C)C)C(=O)N2CCCC[C@H]2C(=O)N[C@@H](Cc2c[nH]c3ccccc23)C(=O)N[C@@H](CO)C(=O)N[C@@H](Cc2c[nH]c3ccccc23)C(=O)N1C. The summed E-state index contributed by atoms with van der Waals surface area (Å²) in [5.74, 6) is -16.8. The largest absolute Gasteiger partial charge is 0.394 e. The van der Waals surface area contributed by atoms with Gasteiger partial charge in [0.1, 0.15) is 84.6 Å². The van der Waals surface area contributed by atoms with E-state index in [-0.39, 0.29) is 103 Å². The van der Waals surface area contributed by atoms with Crippen molar-refractivity contribution in [2.45, 2.75) is 241 Å². The number of imidazole rings is 1. The molecule has 3 aromatic carbocycles. The van der Waals surface area contributed by atoms with Crippen LogP contribution in [0, 0.1) is 11.3 Å². The molecule has 14 atom stereocenters. The van der Waals surface area contributed by atoms with E-state index in [4.69, 9.17) is 22.6 Å². The average Bonchev–Trinajstić information content (AvgIpc) is 1.10. The van der Waals surface area contributed by atoms with Gasteiger partial charge in [-0.2, -0.15) is 0 Å². The van der Waals surface area contributed by atoms with Crippen molar-refractivity contribution < 1.29 is 86.6 Å². The van der Waals surface area contributed by atoms with Crippen LogP contribution in [0.25, 0.3) is 21.8 Å². The quantitative estimate of drug-likeness (QED) is 0.0172. The van der Waals surface area contributed by atoms with Crippen LogP contribution < -0.4 is 75.7 Å². The second-order valence-electron chi connectivity index (χ2n) is 34.9. The Morgan fingerprint density at radius 3 is 1.61 bits per heavy atom. The molecule has 6 aromatic rings. The average molecular weight is 1890 g/mol. The number of thioether (sulfide) groups is 1. The Kier molecular flexibility index (Phi) is 39.8. The van der Waals surface area contributed by atoms with E-state index in [0.717, 1.165) is 26.5 Å². The third-order valence-electron chi connectivity index (χ3n) is 24.5. The molecule has 0 unspecified atom stereocenters. The molecular weight excluding hydrogens is 1760 g/mol. The summed E-state index contributed by atoms with van der Waals surface area (Å²) in [6.07, 6.45) is 7.07. The number of carbonyl (C=O) groups is 17. The molecule has 732 valence electrons. The van der Waals surface area contributed by atoms with Crippen LogP contribution >= 0.6 is 11.8 Å². The lowest BCUT2D eigenvalue weighted by atomic mass is 9.96. The molecule has 135 heavy (non-hydrogen) atoms. The third kappa shape index (κ3) is 29.8. The smallest absolute Gasteiger partial charge is 0.246 e. The first kappa shape index (κ1) is 105. The number of aromatic amines is 3. The number of nitrogens with zero attached hydrogens (tertiary/aromatic N) is 6. The molecule has 0 aliphatic carbocycles. The summed E-state index contributed by atoms with van der Waals surface area (Å²) in [5.41, 5.74) is 20.1. The van der Waals surface area contributed by atoms with E-state index in [9.17, 15) is 48.3 Å². The number of aromatic nitrogens is 4.